The molecule has 2 aliphatic rings. The molecule has 0 spiro atoms. The Morgan fingerprint density at radius 2 is 1.87 bits per heavy atom. The number of carbonyl (C=O) groups excluding carboxylic acids is 1. The Morgan fingerprint density at radius 3 is 2.43 bits per heavy atom. The van der Waals surface area contributed by atoms with E-state index < -0.39 is 5.60 Å². The summed E-state index contributed by atoms with van der Waals surface area (Å²) in [5.74, 6) is 0.935. The van der Waals surface area contributed by atoms with Crippen molar-refractivity contribution in [3.63, 3.8) is 0 Å². The van der Waals surface area contributed by atoms with Crippen molar-refractivity contribution < 1.29 is 9.53 Å². The average Bonchev–Trinajstić information content (AvgIpc) is 2.94. The van der Waals surface area contributed by atoms with E-state index in [1.54, 1.807) is 0 Å². The van der Waals surface area contributed by atoms with Crippen LogP contribution in [0.3, 0.4) is 0 Å². The second-order valence-corrected chi connectivity index (χ2v) is 8.05. The molecule has 2 atom stereocenters. The van der Waals surface area contributed by atoms with Gasteiger partial charge in [-0.2, -0.15) is 0 Å². The predicted molar refractivity (Wildman–Crippen MR) is 93.7 cm³/mol. The van der Waals surface area contributed by atoms with E-state index in [1.165, 1.54) is 25.7 Å². The number of amides is 1. The van der Waals surface area contributed by atoms with E-state index in [0.717, 1.165) is 51.2 Å². The van der Waals surface area contributed by atoms with Crippen LogP contribution in [-0.2, 0) is 4.74 Å². The Hall–Kier alpha value is -0.810. The highest BCUT2D eigenvalue weighted by atomic mass is 16.6. The number of rotatable bonds is 5. The third kappa shape index (κ3) is 6.30. The molecule has 1 aliphatic heterocycles. The van der Waals surface area contributed by atoms with Gasteiger partial charge in [-0.15, -0.1) is 0 Å². The third-order valence-corrected chi connectivity index (χ3v) is 5.00. The summed E-state index contributed by atoms with van der Waals surface area (Å²) in [7, 11) is 0. The van der Waals surface area contributed by atoms with E-state index in [9.17, 15) is 4.79 Å². The minimum Gasteiger partial charge on any atom is -0.444 e. The number of nitrogens with zero attached hydrogens (tertiary/aromatic N) is 2. The van der Waals surface area contributed by atoms with Gasteiger partial charge in [0.05, 0.1) is 0 Å². The molecule has 5 heteroatoms. The molecular weight excluding hydrogens is 290 g/mol. The van der Waals surface area contributed by atoms with Crippen LogP contribution in [0.1, 0.15) is 53.4 Å². The summed E-state index contributed by atoms with van der Waals surface area (Å²) in [6.07, 6.45) is 5.23. The summed E-state index contributed by atoms with van der Waals surface area (Å²) in [6, 6.07) is 0.725. The molecule has 5 nitrogen and oxygen atoms in total. The van der Waals surface area contributed by atoms with Gasteiger partial charge in [0.1, 0.15) is 5.60 Å². The van der Waals surface area contributed by atoms with Gasteiger partial charge < -0.3 is 15.0 Å². The second-order valence-electron chi connectivity index (χ2n) is 8.05. The van der Waals surface area contributed by atoms with E-state index >= 15 is 0 Å². The first-order valence-corrected chi connectivity index (χ1v) is 9.31. The van der Waals surface area contributed by atoms with Gasteiger partial charge >= 0.3 is 6.09 Å². The molecule has 1 aliphatic carbocycles. The molecule has 134 valence electrons. The lowest BCUT2D eigenvalue weighted by Crippen LogP contribution is -2.51. The first-order chi connectivity index (χ1) is 10.9. The fraction of sp³-hybridized carbons (Fsp3) is 0.944. The van der Waals surface area contributed by atoms with Crippen LogP contribution < -0.4 is 5.32 Å². The summed E-state index contributed by atoms with van der Waals surface area (Å²) in [5.41, 5.74) is -0.407. The number of ether oxygens (including phenoxy) is 1. The molecule has 0 aromatic carbocycles. The number of carbonyl (C=O) groups is 1. The smallest absolute Gasteiger partial charge is 0.410 e. The molecule has 0 aromatic heterocycles. The number of hydrogen-bond acceptors (Lipinski definition) is 4. The van der Waals surface area contributed by atoms with Crippen LogP contribution in [0.25, 0.3) is 0 Å². The molecule has 1 saturated heterocycles. The standard InChI is InChI=1S/C18H35N3O2/c1-5-15-6-7-16(14-15)19-8-9-20-10-12-21(13-11-20)17(22)23-18(2,3)4/h15-16,19H,5-14H2,1-4H3. The lowest BCUT2D eigenvalue weighted by atomic mass is 10.1. The topological polar surface area (TPSA) is 44.8 Å². The van der Waals surface area contributed by atoms with Crippen molar-refractivity contribution in [2.24, 2.45) is 5.92 Å². The molecule has 0 aromatic rings. The quantitative estimate of drug-likeness (QED) is 0.844. The van der Waals surface area contributed by atoms with Crippen molar-refractivity contribution in [3.05, 3.63) is 0 Å². The van der Waals surface area contributed by atoms with E-state index in [0.29, 0.717) is 0 Å². The van der Waals surface area contributed by atoms with Gasteiger partial charge in [0.15, 0.2) is 0 Å². The maximum Gasteiger partial charge on any atom is 0.410 e. The Balaban J connectivity index is 1.59. The number of nitrogens with one attached hydrogen (secondary N) is 1. The highest BCUT2D eigenvalue weighted by molar-refractivity contribution is 5.68. The fourth-order valence-electron chi connectivity index (χ4n) is 3.54. The van der Waals surface area contributed by atoms with Crippen molar-refractivity contribution in [2.75, 3.05) is 39.3 Å². The van der Waals surface area contributed by atoms with Crippen molar-refractivity contribution in [1.82, 2.24) is 15.1 Å². The van der Waals surface area contributed by atoms with Crippen LogP contribution in [0.2, 0.25) is 0 Å². The van der Waals surface area contributed by atoms with Crippen molar-refractivity contribution in [3.8, 4) is 0 Å². The van der Waals surface area contributed by atoms with Gasteiger partial charge in [0.25, 0.3) is 0 Å². The minimum absolute atomic E-state index is 0.174. The van der Waals surface area contributed by atoms with Crippen LogP contribution in [0.15, 0.2) is 0 Å². The van der Waals surface area contributed by atoms with E-state index in [2.05, 4.69) is 17.1 Å². The Morgan fingerprint density at radius 1 is 1.17 bits per heavy atom. The van der Waals surface area contributed by atoms with Crippen LogP contribution in [-0.4, -0.2) is 66.8 Å². The normalized spacial score (nSPS) is 26.5. The maximum absolute atomic E-state index is 12.0. The molecule has 1 saturated carbocycles. The number of hydrogen-bond donors (Lipinski definition) is 1. The van der Waals surface area contributed by atoms with E-state index in [1.807, 2.05) is 25.7 Å². The Bertz CT molecular complexity index is 373. The first-order valence-electron chi connectivity index (χ1n) is 9.31. The molecule has 0 bridgehead atoms. The summed E-state index contributed by atoms with van der Waals surface area (Å²) in [5, 5.41) is 3.71. The molecule has 1 amide bonds. The third-order valence-electron chi connectivity index (χ3n) is 5.00. The monoisotopic (exact) mass is 325 g/mol. The lowest BCUT2D eigenvalue weighted by molar-refractivity contribution is 0.0146. The van der Waals surface area contributed by atoms with Crippen LogP contribution >= 0.6 is 0 Å². The largest absolute Gasteiger partial charge is 0.444 e. The highest BCUT2D eigenvalue weighted by Crippen LogP contribution is 2.27. The summed E-state index contributed by atoms with van der Waals surface area (Å²) in [4.78, 5) is 16.3. The molecule has 2 rings (SSSR count). The van der Waals surface area contributed by atoms with Gasteiger partial charge in [0.2, 0.25) is 0 Å². The molecule has 1 N–H and O–H groups in total. The summed E-state index contributed by atoms with van der Waals surface area (Å²) >= 11 is 0. The van der Waals surface area contributed by atoms with Crippen LogP contribution in [0, 0.1) is 5.92 Å². The molecule has 2 fully saturated rings. The van der Waals surface area contributed by atoms with Gasteiger partial charge in [-0.05, 0) is 46.0 Å². The van der Waals surface area contributed by atoms with Crippen LogP contribution in [0.5, 0.6) is 0 Å². The van der Waals surface area contributed by atoms with Gasteiger partial charge in [-0.25, -0.2) is 4.79 Å². The van der Waals surface area contributed by atoms with Gasteiger partial charge in [0, 0.05) is 45.3 Å². The highest BCUT2D eigenvalue weighted by Gasteiger charge is 2.26. The Kier molecular flexibility index (Phi) is 6.72. The fourth-order valence-corrected chi connectivity index (χ4v) is 3.54. The number of piperazine rings is 1. The molecule has 2 unspecified atom stereocenters. The molecule has 1 heterocycles. The van der Waals surface area contributed by atoms with Crippen molar-refractivity contribution in [2.45, 2.75) is 65.0 Å². The zero-order valence-corrected chi connectivity index (χ0v) is 15.4. The molecule has 0 radical (unpaired) electrons. The van der Waals surface area contributed by atoms with E-state index in [-0.39, 0.29) is 6.09 Å². The predicted octanol–water partition coefficient (Wildman–Crippen LogP) is 2.71. The molecule has 23 heavy (non-hydrogen) atoms. The molecular formula is C18H35N3O2. The SMILES string of the molecule is CCC1CCC(NCCN2CCN(C(=O)OC(C)(C)C)CC2)C1. The van der Waals surface area contributed by atoms with Gasteiger partial charge in [-0.1, -0.05) is 13.3 Å². The maximum atomic E-state index is 12.0. The van der Waals surface area contributed by atoms with E-state index in [4.69, 9.17) is 4.74 Å². The van der Waals surface area contributed by atoms with Crippen molar-refractivity contribution in [1.29, 1.82) is 0 Å². The van der Waals surface area contributed by atoms with Gasteiger partial charge in [-0.3, -0.25) is 4.90 Å². The summed E-state index contributed by atoms with van der Waals surface area (Å²) in [6.45, 7) is 13.6. The Labute approximate surface area is 141 Å². The average molecular weight is 325 g/mol. The second kappa shape index (κ2) is 8.34. The van der Waals surface area contributed by atoms with Crippen LogP contribution in [0.4, 0.5) is 4.79 Å². The zero-order chi connectivity index (χ0) is 16.9. The zero-order valence-electron chi connectivity index (χ0n) is 15.4. The minimum atomic E-state index is -0.407. The van der Waals surface area contributed by atoms with Crippen molar-refractivity contribution >= 4 is 6.09 Å². The lowest BCUT2D eigenvalue weighted by Gasteiger charge is -2.35. The summed E-state index contributed by atoms with van der Waals surface area (Å²) < 4.78 is 5.44. The first kappa shape index (κ1) is 18.5.